The maximum Gasteiger partial charge on any atom is 0.346 e. The molecule has 0 radical (unpaired) electrons. The Hall–Kier alpha value is -2.04. The first kappa shape index (κ1) is 13.4. The average molecular weight is 261 g/mol. The van der Waals surface area contributed by atoms with Crippen LogP contribution in [-0.4, -0.2) is 29.9 Å². The molecule has 2 rings (SSSR count). The van der Waals surface area contributed by atoms with Gasteiger partial charge >= 0.3 is 6.03 Å². The van der Waals surface area contributed by atoms with Crippen LogP contribution >= 0.6 is 0 Å². The lowest BCUT2D eigenvalue weighted by atomic mass is 10.0. The molecule has 0 bridgehead atoms. The number of amidine groups is 1. The van der Waals surface area contributed by atoms with Crippen LogP contribution in [0.4, 0.5) is 4.79 Å². The Morgan fingerprint density at radius 2 is 2.21 bits per heavy atom. The van der Waals surface area contributed by atoms with Gasteiger partial charge in [-0.1, -0.05) is 19.1 Å². The molecule has 1 heterocycles. The third-order valence-electron chi connectivity index (χ3n) is 3.01. The third-order valence-corrected chi connectivity index (χ3v) is 3.01. The molecule has 19 heavy (non-hydrogen) atoms. The number of amides is 2. The van der Waals surface area contributed by atoms with Crippen LogP contribution in [0.25, 0.3) is 0 Å². The van der Waals surface area contributed by atoms with E-state index in [-0.39, 0.29) is 12.1 Å². The fourth-order valence-corrected chi connectivity index (χ4v) is 2.26. The number of hydrogen-bond acceptors (Lipinski definition) is 3. The molecular weight excluding hydrogens is 242 g/mol. The van der Waals surface area contributed by atoms with Crippen LogP contribution in [0.15, 0.2) is 29.3 Å². The van der Waals surface area contributed by atoms with Crippen molar-refractivity contribution in [1.29, 1.82) is 0 Å². The second-order valence-corrected chi connectivity index (χ2v) is 4.42. The van der Waals surface area contributed by atoms with Crippen molar-refractivity contribution in [3.63, 3.8) is 0 Å². The molecule has 1 unspecified atom stereocenters. The lowest BCUT2D eigenvalue weighted by Crippen LogP contribution is -2.33. The summed E-state index contributed by atoms with van der Waals surface area (Å²) in [6, 6.07) is 7.12. The fourth-order valence-electron chi connectivity index (χ4n) is 2.26. The van der Waals surface area contributed by atoms with Crippen molar-refractivity contribution in [2.45, 2.75) is 26.3 Å². The van der Waals surface area contributed by atoms with Crippen molar-refractivity contribution in [1.82, 2.24) is 4.90 Å². The smallest absolute Gasteiger partial charge is 0.346 e. The minimum absolute atomic E-state index is 0.258. The van der Waals surface area contributed by atoms with E-state index in [9.17, 15) is 4.79 Å². The van der Waals surface area contributed by atoms with Crippen molar-refractivity contribution in [2.75, 3.05) is 13.2 Å². The molecule has 0 saturated carbocycles. The number of nitrogens with zero attached hydrogens (tertiary/aromatic N) is 2. The largest absolute Gasteiger partial charge is 0.494 e. The number of carbonyl (C=O) groups excluding carboxylic acids is 1. The van der Waals surface area contributed by atoms with E-state index in [1.807, 2.05) is 38.1 Å². The number of rotatable bonds is 5. The van der Waals surface area contributed by atoms with E-state index in [4.69, 9.17) is 10.5 Å². The summed E-state index contributed by atoms with van der Waals surface area (Å²) in [5.74, 6) is 1.13. The molecule has 2 amide bonds. The summed E-state index contributed by atoms with van der Waals surface area (Å²) >= 11 is 0. The molecule has 1 aliphatic heterocycles. The summed E-state index contributed by atoms with van der Waals surface area (Å²) in [5, 5.41) is 0. The van der Waals surface area contributed by atoms with Crippen molar-refractivity contribution in [2.24, 2.45) is 10.7 Å². The van der Waals surface area contributed by atoms with Crippen LogP contribution in [0.2, 0.25) is 0 Å². The molecule has 0 fully saturated rings. The highest BCUT2D eigenvalue weighted by molar-refractivity contribution is 6.03. The zero-order valence-electron chi connectivity index (χ0n) is 11.3. The van der Waals surface area contributed by atoms with Gasteiger partial charge in [-0.3, -0.25) is 0 Å². The highest BCUT2D eigenvalue weighted by Crippen LogP contribution is 2.29. The van der Waals surface area contributed by atoms with E-state index in [1.54, 1.807) is 4.90 Å². The summed E-state index contributed by atoms with van der Waals surface area (Å²) in [6.45, 7) is 5.21. The molecule has 1 aliphatic rings. The minimum atomic E-state index is -0.271. The first-order valence-electron chi connectivity index (χ1n) is 6.54. The zero-order valence-corrected chi connectivity index (χ0v) is 11.3. The molecule has 1 aromatic rings. The molecular formula is C14H19N3O2. The molecule has 0 spiro atoms. The molecule has 0 aromatic heterocycles. The number of nitrogens with two attached hydrogens (primary N) is 1. The van der Waals surface area contributed by atoms with Crippen molar-refractivity contribution in [3.8, 4) is 5.75 Å². The van der Waals surface area contributed by atoms with Gasteiger partial charge in [-0.2, -0.15) is 4.99 Å². The standard InChI is InChI=1S/C14H19N3O2/c1-3-8-17-12(13(15)16-14(17)18)10-6-5-7-11(9-10)19-4-2/h5-7,9,12H,3-4,8H2,1-2H3,(H2,15,16,18). The normalized spacial score (nSPS) is 18.6. The molecule has 0 saturated heterocycles. The number of hydrogen-bond donors (Lipinski definition) is 1. The lowest BCUT2D eigenvalue weighted by Gasteiger charge is -2.24. The zero-order chi connectivity index (χ0) is 13.8. The van der Waals surface area contributed by atoms with Crippen LogP contribution in [0.1, 0.15) is 31.9 Å². The Morgan fingerprint density at radius 3 is 2.89 bits per heavy atom. The molecule has 1 atom stereocenters. The van der Waals surface area contributed by atoms with E-state index in [0.717, 1.165) is 17.7 Å². The molecule has 5 heteroatoms. The SMILES string of the molecule is CCCN1C(=O)N=C(N)C1c1cccc(OCC)c1. The fraction of sp³-hybridized carbons (Fsp3) is 0.429. The van der Waals surface area contributed by atoms with Gasteiger partial charge in [-0.15, -0.1) is 0 Å². The summed E-state index contributed by atoms with van der Waals surface area (Å²) < 4.78 is 5.48. The second-order valence-electron chi connectivity index (χ2n) is 4.42. The van der Waals surface area contributed by atoms with Gasteiger partial charge < -0.3 is 15.4 Å². The molecule has 1 aromatic carbocycles. The van der Waals surface area contributed by atoms with Gasteiger partial charge in [0.2, 0.25) is 0 Å². The number of benzene rings is 1. The lowest BCUT2D eigenvalue weighted by molar-refractivity contribution is 0.206. The molecule has 102 valence electrons. The molecule has 0 aliphatic carbocycles. The van der Waals surface area contributed by atoms with Crippen LogP contribution in [0.5, 0.6) is 5.75 Å². The molecule has 2 N–H and O–H groups in total. The minimum Gasteiger partial charge on any atom is -0.494 e. The highest BCUT2D eigenvalue weighted by atomic mass is 16.5. The second kappa shape index (κ2) is 5.73. The van der Waals surface area contributed by atoms with Gasteiger partial charge in [0.15, 0.2) is 0 Å². The predicted molar refractivity (Wildman–Crippen MR) is 74.4 cm³/mol. The van der Waals surface area contributed by atoms with Crippen LogP contribution in [-0.2, 0) is 0 Å². The van der Waals surface area contributed by atoms with Gasteiger partial charge in [0.25, 0.3) is 0 Å². The average Bonchev–Trinajstić information content (AvgIpc) is 2.66. The Kier molecular flexibility index (Phi) is 4.04. The first-order valence-corrected chi connectivity index (χ1v) is 6.54. The van der Waals surface area contributed by atoms with Crippen molar-refractivity contribution < 1.29 is 9.53 Å². The van der Waals surface area contributed by atoms with E-state index >= 15 is 0 Å². The Labute approximate surface area is 113 Å². The van der Waals surface area contributed by atoms with E-state index in [1.165, 1.54) is 0 Å². The predicted octanol–water partition coefficient (Wildman–Crippen LogP) is 2.33. The van der Waals surface area contributed by atoms with E-state index < -0.39 is 0 Å². The van der Waals surface area contributed by atoms with E-state index in [0.29, 0.717) is 19.0 Å². The maximum atomic E-state index is 11.8. The number of urea groups is 1. The van der Waals surface area contributed by atoms with Crippen molar-refractivity contribution in [3.05, 3.63) is 29.8 Å². The number of aliphatic imine (C=N–C) groups is 1. The number of carbonyl (C=O) groups is 1. The summed E-state index contributed by atoms with van der Waals surface area (Å²) in [4.78, 5) is 17.4. The molecule has 5 nitrogen and oxygen atoms in total. The van der Waals surface area contributed by atoms with Gasteiger partial charge in [0, 0.05) is 6.54 Å². The quantitative estimate of drug-likeness (QED) is 0.884. The summed E-state index contributed by atoms with van der Waals surface area (Å²) in [7, 11) is 0. The third kappa shape index (κ3) is 2.70. The summed E-state index contributed by atoms with van der Waals surface area (Å²) in [5.41, 5.74) is 6.83. The summed E-state index contributed by atoms with van der Waals surface area (Å²) in [6.07, 6.45) is 0.871. The topological polar surface area (TPSA) is 67.9 Å². The van der Waals surface area contributed by atoms with Crippen LogP contribution in [0.3, 0.4) is 0 Å². The van der Waals surface area contributed by atoms with Gasteiger partial charge in [-0.05, 0) is 31.0 Å². The first-order chi connectivity index (χ1) is 9.17. The van der Waals surface area contributed by atoms with Crippen LogP contribution < -0.4 is 10.5 Å². The van der Waals surface area contributed by atoms with Gasteiger partial charge in [0.1, 0.15) is 17.6 Å². The Morgan fingerprint density at radius 1 is 1.42 bits per heavy atom. The Balaban J connectivity index is 2.30. The monoisotopic (exact) mass is 261 g/mol. The van der Waals surface area contributed by atoms with Gasteiger partial charge in [-0.25, -0.2) is 4.79 Å². The maximum absolute atomic E-state index is 11.8. The van der Waals surface area contributed by atoms with Gasteiger partial charge in [0.05, 0.1) is 6.61 Å². The highest BCUT2D eigenvalue weighted by Gasteiger charge is 2.33. The van der Waals surface area contributed by atoms with Crippen LogP contribution in [0, 0.1) is 0 Å². The van der Waals surface area contributed by atoms with Crippen molar-refractivity contribution >= 4 is 11.9 Å². The number of ether oxygens (including phenoxy) is 1. The van der Waals surface area contributed by atoms with E-state index in [2.05, 4.69) is 4.99 Å². The Bertz CT molecular complexity index is 499.